The monoisotopic (exact) mass is 300 g/mol. The molecule has 4 aliphatic rings. The standard InChI is InChI=1S/C15H12N2O5/c18-14-10-8-5-9(13-12(8)22-13)11(10)15(19)16(14)6-1-3-7(4-2-6)17(20)21/h1-4,8-13H,5H2/t8-,9-,10-,11+,12-,13+/m1/s1. The lowest BCUT2D eigenvalue weighted by atomic mass is 9.81. The van der Waals surface area contributed by atoms with Crippen LogP contribution in [0.1, 0.15) is 6.42 Å². The third-order valence-electron chi connectivity index (χ3n) is 5.59. The van der Waals surface area contributed by atoms with Gasteiger partial charge in [0.05, 0.1) is 34.7 Å². The Morgan fingerprint density at radius 2 is 1.59 bits per heavy atom. The van der Waals surface area contributed by atoms with E-state index in [1.807, 2.05) is 0 Å². The molecule has 0 radical (unpaired) electrons. The summed E-state index contributed by atoms with van der Waals surface area (Å²) in [7, 11) is 0. The topological polar surface area (TPSA) is 93.1 Å². The fraction of sp³-hybridized carbons (Fsp3) is 0.467. The maximum absolute atomic E-state index is 12.7. The Morgan fingerprint density at radius 1 is 1.05 bits per heavy atom. The number of hydrogen-bond acceptors (Lipinski definition) is 5. The van der Waals surface area contributed by atoms with Gasteiger partial charge in [0.2, 0.25) is 11.8 Å². The molecule has 2 saturated heterocycles. The first-order valence-corrected chi connectivity index (χ1v) is 7.35. The smallest absolute Gasteiger partial charge is 0.269 e. The average Bonchev–Trinajstić information content (AvgIpc) is 3.02. The number of epoxide rings is 1. The minimum atomic E-state index is -0.503. The zero-order valence-corrected chi connectivity index (χ0v) is 11.4. The fourth-order valence-electron chi connectivity index (χ4n) is 4.70. The molecule has 2 bridgehead atoms. The third kappa shape index (κ3) is 1.30. The van der Waals surface area contributed by atoms with Gasteiger partial charge < -0.3 is 4.74 Å². The number of hydrogen-bond donors (Lipinski definition) is 0. The maximum Gasteiger partial charge on any atom is 0.269 e. The first-order chi connectivity index (χ1) is 10.6. The van der Waals surface area contributed by atoms with Crippen LogP contribution in [-0.4, -0.2) is 28.9 Å². The van der Waals surface area contributed by atoms with Crippen molar-refractivity contribution in [3.05, 3.63) is 34.4 Å². The van der Waals surface area contributed by atoms with Gasteiger partial charge in [-0.25, -0.2) is 0 Å². The van der Waals surface area contributed by atoms with Crippen molar-refractivity contribution >= 4 is 23.2 Å². The van der Waals surface area contributed by atoms with Crippen LogP contribution in [-0.2, 0) is 14.3 Å². The first-order valence-electron chi connectivity index (χ1n) is 7.35. The molecule has 0 N–H and O–H groups in total. The number of nitrogens with zero attached hydrogens (tertiary/aromatic N) is 2. The molecule has 1 aromatic rings. The molecule has 0 aromatic heterocycles. The molecule has 0 spiro atoms. The molecule has 2 heterocycles. The van der Waals surface area contributed by atoms with Crippen molar-refractivity contribution in [2.24, 2.45) is 23.7 Å². The van der Waals surface area contributed by atoms with Gasteiger partial charge in [0.1, 0.15) is 0 Å². The number of ether oxygens (including phenoxy) is 1. The predicted molar refractivity (Wildman–Crippen MR) is 72.8 cm³/mol. The molecule has 7 nitrogen and oxygen atoms in total. The summed E-state index contributed by atoms with van der Waals surface area (Å²) >= 11 is 0. The van der Waals surface area contributed by atoms with Gasteiger partial charge in [0.25, 0.3) is 5.69 Å². The summed E-state index contributed by atoms with van der Waals surface area (Å²) in [6.07, 6.45) is 1.25. The second-order valence-electron chi connectivity index (χ2n) is 6.47. The summed E-state index contributed by atoms with van der Waals surface area (Å²) in [5.74, 6) is -0.553. The Hall–Kier alpha value is -2.28. The number of non-ortho nitro benzene ring substituents is 1. The first kappa shape index (κ1) is 12.3. The molecule has 22 heavy (non-hydrogen) atoms. The molecule has 112 valence electrons. The van der Waals surface area contributed by atoms with Crippen LogP contribution in [0.5, 0.6) is 0 Å². The quantitative estimate of drug-likeness (QED) is 0.353. The molecular formula is C15H12N2O5. The Balaban J connectivity index is 1.50. The van der Waals surface area contributed by atoms with Gasteiger partial charge in [-0.15, -0.1) is 0 Å². The largest absolute Gasteiger partial charge is 0.369 e. The van der Waals surface area contributed by atoms with Crippen LogP contribution in [0.15, 0.2) is 24.3 Å². The molecule has 2 amide bonds. The molecule has 7 heteroatoms. The molecule has 2 saturated carbocycles. The number of rotatable bonds is 2. The highest BCUT2D eigenvalue weighted by Crippen LogP contribution is 2.64. The Labute approximate surface area is 125 Å². The second-order valence-corrected chi connectivity index (χ2v) is 6.47. The number of carbonyl (C=O) groups excluding carboxylic acids is 2. The number of benzene rings is 1. The summed E-state index contributed by atoms with van der Waals surface area (Å²) in [4.78, 5) is 36.8. The summed E-state index contributed by atoms with van der Waals surface area (Å²) in [5, 5.41) is 10.7. The highest BCUT2D eigenvalue weighted by atomic mass is 16.6. The number of nitro groups is 1. The number of fused-ring (bicyclic) bond motifs is 8. The minimum absolute atomic E-state index is 0.0576. The Bertz CT molecular complexity index is 698. The van der Waals surface area contributed by atoms with Crippen molar-refractivity contribution in [3.8, 4) is 0 Å². The Morgan fingerprint density at radius 3 is 2.09 bits per heavy atom. The van der Waals surface area contributed by atoms with E-state index in [9.17, 15) is 19.7 Å². The average molecular weight is 300 g/mol. The van der Waals surface area contributed by atoms with Crippen LogP contribution in [0.3, 0.4) is 0 Å². The van der Waals surface area contributed by atoms with E-state index in [0.717, 1.165) is 6.42 Å². The zero-order valence-electron chi connectivity index (χ0n) is 11.4. The summed E-state index contributed by atoms with van der Waals surface area (Å²) in [6.45, 7) is 0. The van der Waals surface area contributed by atoms with Crippen molar-refractivity contribution in [1.29, 1.82) is 0 Å². The van der Waals surface area contributed by atoms with Crippen LogP contribution in [0.25, 0.3) is 0 Å². The molecule has 6 atom stereocenters. The summed E-state index contributed by atoms with van der Waals surface area (Å²) in [6, 6.07) is 5.57. The molecule has 0 unspecified atom stereocenters. The van der Waals surface area contributed by atoms with Crippen molar-refractivity contribution in [1.82, 2.24) is 0 Å². The lowest BCUT2D eigenvalue weighted by Crippen LogP contribution is -2.33. The van der Waals surface area contributed by atoms with Gasteiger partial charge in [0, 0.05) is 24.0 Å². The van der Waals surface area contributed by atoms with E-state index in [2.05, 4.69) is 0 Å². The number of nitro benzene ring substituents is 1. The van der Waals surface area contributed by atoms with Gasteiger partial charge in [-0.05, 0) is 18.6 Å². The highest BCUT2D eigenvalue weighted by Gasteiger charge is 2.73. The van der Waals surface area contributed by atoms with Crippen LogP contribution in [0.4, 0.5) is 11.4 Å². The van der Waals surface area contributed by atoms with E-state index >= 15 is 0 Å². The lowest BCUT2D eigenvalue weighted by molar-refractivity contribution is -0.384. The normalized spacial score (nSPS) is 40.8. The van der Waals surface area contributed by atoms with Gasteiger partial charge in [-0.2, -0.15) is 0 Å². The van der Waals surface area contributed by atoms with Crippen LogP contribution >= 0.6 is 0 Å². The van der Waals surface area contributed by atoms with E-state index in [1.165, 1.54) is 29.2 Å². The molecule has 4 fully saturated rings. The van der Waals surface area contributed by atoms with Gasteiger partial charge >= 0.3 is 0 Å². The molecular weight excluding hydrogens is 288 g/mol. The highest BCUT2D eigenvalue weighted by molar-refractivity contribution is 6.22. The van der Waals surface area contributed by atoms with E-state index < -0.39 is 4.92 Å². The molecule has 2 aliphatic heterocycles. The second kappa shape index (κ2) is 3.73. The number of carbonyl (C=O) groups is 2. The molecule has 5 rings (SSSR count). The number of amides is 2. The summed E-state index contributed by atoms with van der Waals surface area (Å²) in [5.41, 5.74) is 0.363. The fourth-order valence-corrected chi connectivity index (χ4v) is 4.70. The van der Waals surface area contributed by atoms with E-state index in [-0.39, 0.29) is 53.4 Å². The van der Waals surface area contributed by atoms with Crippen molar-refractivity contribution in [3.63, 3.8) is 0 Å². The van der Waals surface area contributed by atoms with Crippen molar-refractivity contribution in [2.45, 2.75) is 18.6 Å². The van der Waals surface area contributed by atoms with Gasteiger partial charge in [0.15, 0.2) is 0 Å². The van der Waals surface area contributed by atoms with Crippen LogP contribution in [0, 0.1) is 33.8 Å². The molecule has 1 aromatic carbocycles. The SMILES string of the molecule is O=C1[C@@H]2[C@H]3C[C@@H]([C@@H]4O[C@H]34)[C@@H]2C(=O)N1c1ccc([N+](=O)[O-])cc1. The number of imide groups is 1. The van der Waals surface area contributed by atoms with E-state index in [4.69, 9.17) is 4.74 Å². The third-order valence-corrected chi connectivity index (χ3v) is 5.59. The zero-order chi connectivity index (χ0) is 15.2. The van der Waals surface area contributed by atoms with E-state index in [1.54, 1.807) is 0 Å². The predicted octanol–water partition coefficient (Wildman–Crippen LogP) is 1.12. The maximum atomic E-state index is 12.7. The van der Waals surface area contributed by atoms with Crippen molar-refractivity contribution < 1.29 is 19.2 Å². The van der Waals surface area contributed by atoms with Gasteiger partial charge in [-0.3, -0.25) is 24.6 Å². The summed E-state index contributed by atoms with van der Waals surface area (Å²) < 4.78 is 5.56. The molecule has 2 aliphatic carbocycles. The van der Waals surface area contributed by atoms with Crippen molar-refractivity contribution in [2.75, 3.05) is 4.90 Å². The van der Waals surface area contributed by atoms with E-state index in [0.29, 0.717) is 5.69 Å². The lowest BCUT2D eigenvalue weighted by Gasteiger charge is -2.17. The van der Waals surface area contributed by atoms with Gasteiger partial charge in [-0.1, -0.05) is 0 Å². The number of anilines is 1. The minimum Gasteiger partial charge on any atom is -0.369 e. The Kier molecular flexibility index (Phi) is 2.08. The van der Waals surface area contributed by atoms with Crippen LogP contribution in [0.2, 0.25) is 0 Å². The van der Waals surface area contributed by atoms with Crippen LogP contribution < -0.4 is 4.90 Å².